The predicted octanol–water partition coefficient (Wildman–Crippen LogP) is 4.44. The first-order valence-corrected chi connectivity index (χ1v) is 7.15. The van der Waals surface area contributed by atoms with Crippen molar-refractivity contribution in [3.8, 4) is 0 Å². The van der Waals surface area contributed by atoms with Gasteiger partial charge in [0.25, 0.3) is 0 Å². The molecule has 0 nitrogen and oxygen atoms in total. The molecule has 0 aromatic carbocycles. The smallest absolute Gasteiger partial charge is 0 e. The Hall–Kier alpha value is 1.65. The van der Waals surface area contributed by atoms with Gasteiger partial charge in [-0.15, -0.1) is 0 Å². The van der Waals surface area contributed by atoms with Crippen molar-refractivity contribution in [2.75, 3.05) is 0 Å². The third kappa shape index (κ3) is 20.0. The molecule has 0 aliphatic carbocycles. The van der Waals surface area contributed by atoms with E-state index in [9.17, 15) is 22.0 Å². The van der Waals surface area contributed by atoms with Crippen LogP contribution < -0.4 is 0 Å². The Morgan fingerprint density at radius 3 is 1.28 bits per heavy atom. The van der Waals surface area contributed by atoms with Crippen molar-refractivity contribution in [3.63, 3.8) is 0 Å². The third-order valence-corrected chi connectivity index (χ3v) is 3.08. The Bertz CT molecular complexity index is 169. The summed E-state index contributed by atoms with van der Waals surface area (Å²) >= 11 is -0.0959. The third-order valence-electron chi connectivity index (χ3n) is 2.58. The zero-order valence-electron chi connectivity index (χ0n) is 11.3. The normalized spacial score (nSPS) is 12.4. The maximum atomic E-state index is 12.5. The van der Waals surface area contributed by atoms with Crippen molar-refractivity contribution >= 4 is 57.5 Å². The molecule has 0 saturated heterocycles. The number of rotatable bonds is 9. The second kappa shape index (κ2) is 11.3. The van der Waals surface area contributed by atoms with Gasteiger partial charge in [-0.3, -0.25) is 0 Å². The van der Waals surface area contributed by atoms with Crippen molar-refractivity contribution in [2.24, 2.45) is 0 Å². The van der Waals surface area contributed by atoms with Crippen LogP contribution in [0.3, 0.4) is 0 Å². The summed E-state index contributed by atoms with van der Waals surface area (Å²) in [6.07, 6.45) is -0.264. The number of hydrogen-bond donors (Lipinski definition) is 0. The SMILES string of the molecule is FC(F)(F)CCCCCCCCC[C](F)(F)[Na].[Na]. The molecule has 0 saturated carbocycles. The molecule has 0 amide bonds. The Balaban J connectivity index is 0. The van der Waals surface area contributed by atoms with E-state index in [1.54, 1.807) is 0 Å². The average Bonchev–Trinajstić information content (AvgIpc) is 2.11. The maximum absolute atomic E-state index is 12.5. The Morgan fingerprint density at radius 1 is 0.611 bits per heavy atom. The van der Waals surface area contributed by atoms with Crippen LogP contribution in [0.15, 0.2) is 0 Å². The minimum absolute atomic E-state index is 0. The van der Waals surface area contributed by atoms with E-state index in [1.165, 1.54) is 0 Å². The van der Waals surface area contributed by atoms with E-state index < -0.39 is 15.8 Å². The molecular formula is C11H18F5Na2. The van der Waals surface area contributed by atoms with Gasteiger partial charge in [0.1, 0.15) is 0 Å². The number of alkyl halides is 5. The summed E-state index contributed by atoms with van der Waals surface area (Å²) in [5.41, 5.74) is 0. The molecule has 0 aliphatic heterocycles. The standard InChI is InChI=1S/C11H18F5.2Na/c12-10(13)8-6-4-2-1-3-5-7-9-11(14,15)16;;/h1-9H2;;. The number of halogens is 5. The zero-order chi connectivity index (χ0) is 13.4. The zero-order valence-corrected chi connectivity index (χ0v) is 15.3. The van der Waals surface area contributed by atoms with E-state index in [2.05, 4.69) is 0 Å². The maximum Gasteiger partial charge on any atom is 0 e. The van der Waals surface area contributed by atoms with Gasteiger partial charge in [-0.25, -0.2) is 0 Å². The van der Waals surface area contributed by atoms with Gasteiger partial charge in [0.05, 0.1) is 0 Å². The van der Waals surface area contributed by atoms with Crippen LogP contribution in [0, 0.1) is 0 Å². The molecule has 7 heteroatoms. The first-order valence-electron chi connectivity index (χ1n) is 6.15. The van der Waals surface area contributed by atoms with E-state index in [-0.39, 0.29) is 70.3 Å². The number of hydrogen-bond acceptors (Lipinski definition) is 0. The quantitative estimate of drug-likeness (QED) is 0.335. The summed E-state index contributed by atoms with van der Waals surface area (Å²) in [4.78, 5) is 0. The van der Waals surface area contributed by atoms with Crippen molar-refractivity contribution in [2.45, 2.75) is 67.1 Å². The first-order chi connectivity index (χ1) is 7.71. The van der Waals surface area contributed by atoms with Gasteiger partial charge in [0, 0.05) is 29.6 Å². The van der Waals surface area contributed by atoms with E-state index in [4.69, 9.17) is 0 Å². The molecule has 0 bridgehead atoms. The van der Waals surface area contributed by atoms with Crippen LogP contribution in [0.4, 0.5) is 22.0 Å². The fraction of sp³-hybridized carbons (Fsp3) is 1.00. The van der Waals surface area contributed by atoms with Gasteiger partial charge in [-0.2, -0.15) is 0 Å². The molecular weight excluding hydrogens is 273 g/mol. The van der Waals surface area contributed by atoms with Gasteiger partial charge in [0.15, 0.2) is 0 Å². The van der Waals surface area contributed by atoms with Crippen LogP contribution in [0.25, 0.3) is 0 Å². The largest absolute Gasteiger partial charge is 0 e. The van der Waals surface area contributed by atoms with E-state index in [1.807, 2.05) is 0 Å². The molecule has 0 aromatic heterocycles. The minimum Gasteiger partial charge on any atom is 0 e. The van der Waals surface area contributed by atoms with Gasteiger partial charge < -0.3 is 0 Å². The molecule has 0 aromatic rings. The molecule has 99 valence electrons. The summed E-state index contributed by atoms with van der Waals surface area (Å²) in [6.45, 7) is 0. The molecule has 0 rings (SSSR count). The second-order valence-electron chi connectivity index (χ2n) is 4.66. The van der Waals surface area contributed by atoms with Gasteiger partial charge in [-0.1, -0.05) is 0 Å². The van der Waals surface area contributed by atoms with Crippen LogP contribution >= 0.6 is 0 Å². The Kier molecular flexibility index (Phi) is 13.8. The van der Waals surface area contributed by atoms with Crippen molar-refractivity contribution in [1.29, 1.82) is 0 Å². The van der Waals surface area contributed by atoms with Crippen molar-refractivity contribution in [1.82, 2.24) is 0 Å². The summed E-state index contributed by atoms with van der Waals surface area (Å²) < 4.78 is 57.8. The van der Waals surface area contributed by atoms with E-state index in [0.717, 1.165) is 25.7 Å². The Morgan fingerprint density at radius 2 is 0.944 bits per heavy atom. The first kappa shape index (κ1) is 21.9. The summed E-state index contributed by atoms with van der Waals surface area (Å²) in [7, 11) is 0. The van der Waals surface area contributed by atoms with Crippen LogP contribution in [0.5, 0.6) is 0 Å². The summed E-state index contributed by atoms with van der Waals surface area (Å²) in [5, 5.41) is 0. The Labute approximate surface area is 145 Å². The monoisotopic (exact) mass is 291 g/mol. The van der Waals surface area contributed by atoms with E-state index in [0.29, 0.717) is 12.8 Å². The van der Waals surface area contributed by atoms with Crippen LogP contribution in [0.1, 0.15) is 57.8 Å². The second-order valence-corrected chi connectivity index (χ2v) is 6.12. The fourth-order valence-corrected chi connectivity index (χ4v) is 2.00. The molecule has 0 heterocycles. The van der Waals surface area contributed by atoms with Crippen molar-refractivity contribution < 1.29 is 22.0 Å². The molecule has 18 heavy (non-hydrogen) atoms. The molecule has 0 fully saturated rings. The molecule has 0 spiro atoms. The molecule has 0 N–H and O–H groups in total. The minimum atomic E-state index is -4.05. The van der Waals surface area contributed by atoms with Gasteiger partial charge >= 0.3 is 117 Å². The van der Waals surface area contributed by atoms with Crippen LogP contribution in [0.2, 0.25) is 0 Å². The van der Waals surface area contributed by atoms with E-state index >= 15 is 0 Å². The molecule has 0 unspecified atom stereocenters. The summed E-state index contributed by atoms with van der Waals surface area (Å²) in [6, 6.07) is 0. The van der Waals surface area contributed by atoms with Crippen molar-refractivity contribution in [3.05, 3.63) is 0 Å². The molecule has 0 atom stereocenters. The molecule has 0 aliphatic rings. The average molecular weight is 291 g/mol. The fourth-order valence-electron chi connectivity index (χ4n) is 1.64. The predicted molar refractivity (Wildman–Crippen MR) is 64.1 cm³/mol. The summed E-state index contributed by atoms with van der Waals surface area (Å²) in [5.74, 6) is 0. The van der Waals surface area contributed by atoms with Gasteiger partial charge in [0.2, 0.25) is 0 Å². The van der Waals surface area contributed by atoms with Crippen LogP contribution in [-0.2, 0) is 0 Å². The topological polar surface area (TPSA) is 0 Å². The van der Waals surface area contributed by atoms with Crippen LogP contribution in [-0.4, -0.2) is 66.8 Å². The van der Waals surface area contributed by atoms with Gasteiger partial charge in [-0.05, 0) is 0 Å². The molecule has 1 radical (unpaired) electrons. The number of unbranched alkanes of at least 4 members (excludes halogenated alkanes) is 6.